The highest BCUT2D eigenvalue weighted by atomic mass is 79.9. The first kappa shape index (κ1) is 9.64. The van der Waals surface area contributed by atoms with Gasteiger partial charge in [-0.25, -0.2) is 0 Å². The molecule has 1 aromatic rings. The van der Waals surface area contributed by atoms with Gasteiger partial charge in [0.15, 0.2) is 11.5 Å². The van der Waals surface area contributed by atoms with Crippen molar-refractivity contribution < 1.29 is 22.6 Å². The first-order valence-electron chi connectivity index (χ1n) is 3.65. The third kappa shape index (κ3) is 1.33. The molecule has 1 heterocycles. The molecule has 0 saturated heterocycles. The zero-order valence-corrected chi connectivity index (χ0v) is 8.22. The topological polar surface area (TPSA) is 18.5 Å². The van der Waals surface area contributed by atoms with Crippen LogP contribution in [0.15, 0.2) is 24.3 Å². The normalized spacial score (nSPS) is 28.6. The van der Waals surface area contributed by atoms with Crippen molar-refractivity contribution in [1.29, 1.82) is 0 Å². The lowest BCUT2D eigenvalue weighted by molar-refractivity contribution is -0.295. The van der Waals surface area contributed by atoms with E-state index in [0.717, 1.165) is 0 Å². The lowest BCUT2D eigenvalue weighted by Crippen LogP contribution is -2.50. The van der Waals surface area contributed by atoms with Gasteiger partial charge in [0.2, 0.25) is 0 Å². The first-order valence-corrected chi connectivity index (χ1v) is 4.44. The number of rotatable bonds is 0. The van der Waals surface area contributed by atoms with Crippen molar-refractivity contribution in [3.63, 3.8) is 0 Å². The van der Waals surface area contributed by atoms with E-state index in [1.807, 2.05) is 0 Å². The molecule has 2 nitrogen and oxygen atoms in total. The predicted octanol–water partition coefficient (Wildman–Crippen LogP) is 3.07. The van der Waals surface area contributed by atoms with Crippen LogP contribution in [0.3, 0.4) is 0 Å². The smallest absolute Gasteiger partial charge is 0.437 e. The molecular weight excluding hydrogens is 265 g/mol. The van der Waals surface area contributed by atoms with Crippen molar-refractivity contribution in [3.05, 3.63) is 24.3 Å². The molecule has 0 aliphatic carbocycles. The van der Waals surface area contributed by atoms with Gasteiger partial charge in [0.05, 0.1) is 0 Å². The Hall–Kier alpha value is -0.910. The van der Waals surface area contributed by atoms with Crippen LogP contribution in [-0.4, -0.2) is 10.9 Å². The average Bonchev–Trinajstić information content (AvgIpc) is 2.05. The van der Waals surface area contributed by atoms with Crippen molar-refractivity contribution >= 4 is 15.9 Å². The first-order chi connectivity index (χ1) is 6.42. The summed E-state index contributed by atoms with van der Waals surface area (Å²) < 4.78 is 44.2. The largest absolute Gasteiger partial charge is 0.483 e. The van der Waals surface area contributed by atoms with Crippen molar-refractivity contribution in [3.8, 4) is 11.5 Å². The van der Waals surface area contributed by atoms with Gasteiger partial charge in [-0.05, 0) is 12.1 Å². The summed E-state index contributed by atoms with van der Waals surface area (Å²) in [5.41, 5.74) is 0. The number of hydrogen-bond acceptors (Lipinski definition) is 2. The van der Waals surface area contributed by atoms with Gasteiger partial charge in [-0.3, -0.25) is 0 Å². The fraction of sp³-hybridized carbons (Fsp3) is 0.250. The number of hydrogen-bond donors (Lipinski definition) is 0. The van der Waals surface area contributed by atoms with Crippen LogP contribution < -0.4 is 9.47 Å². The zero-order valence-electron chi connectivity index (χ0n) is 6.64. The molecule has 0 radical (unpaired) electrons. The molecule has 1 atom stereocenters. The van der Waals surface area contributed by atoms with Gasteiger partial charge in [-0.2, -0.15) is 13.2 Å². The molecular formula is C8H4BrF3O2. The molecule has 1 aliphatic heterocycles. The fourth-order valence-corrected chi connectivity index (χ4v) is 1.27. The Morgan fingerprint density at radius 2 is 1.50 bits per heavy atom. The maximum atomic E-state index is 13.1. The van der Waals surface area contributed by atoms with E-state index in [1.54, 1.807) is 0 Å². The Morgan fingerprint density at radius 1 is 1.00 bits per heavy atom. The van der Waals surface area contributed by atoms with Crippen LogP contribution in [0.4, 0.5) is 13.2 Å². The predicted molar refractivity (Wildman–Crippen MR) is 45.4 cm³/mol. The van der Waals surface area contributed by atoms with Gasteiger partial charge in [0, 0.05) is 15.9 Å². The monoisotopic (exact) mass is 268 g/mol. The van der Waals surface area contributed by atoms with E-state index in [-0.39, 0.29) is 11.5 Å². The second kappa shape index (κ2) is 2.79. The van der Waals surface area contributed by atoms with E-state index < -0.39 is 10.9 Å². The summed E-state index contributed by atoms with van der Waals surface area (Å²) >= 11 is 2.12. The summed E-state index contributed by atoms with van der Waals surface area (Å²) in [6.45, 7) is 0. The molecule has 0 bridgehead atoms. The van der Waals surface area contributed by atoms with Gasteiger partial charge in [-0.1, -0.05) is 12.1 Å². The second-order valence-corrected chi connectivity index (χ2v) is 3.70. The third-order valence-electron chi connectivity index (χ3n) is 1.66. The van der Waals surface area contributed by atoms with Crippen LogP contribution >= 0.6 is 15.9 Å². The van der Waals surface area contributed by atoms with Crippen molar-refractivity contribution in [2.45, 2.75) is 10.9 Å². The Labute approximate surface area is 85.7 Å². The number of para-hydroxylation sites is 2. The van der Waals surface area contributed by atoms with Gasteiger partial charge in [0.25, 0.3) is 0 Å². The Balaban J connectivity index is 2.46. The molecule has 0 aromatic heterocycles. The standard InChI is InChI=1S/C8H4BrF3O2/c9-7(10)8(11,12)14-6-4-2-1-3-5(6)13-7/h1-4H/t7-/m1/s1. The van der Waals surface area contributed by atoms with E-state index in [1.165, 1.54) is 24.3 Å². The molecule has 2 rings (SSSR count). The minimum absolute atomic E-state index is 0.0715. The SMILES string of the molecule is FC1(F)Oc2ccccc2O[C@@]1(F)Br. The number of halogens is 4. The van der Waals surface area contributed by atoms with Crippen molar-refractivity contribution in [2.24, 2.45) is 0 Å². The summed E-state index contributed by atoms with van der Waals surface area (Å²) in [7, 11) is 0. The van der Waals surface area contributed by atoms with Crippen LogP contribution in [0.5, 0.6) is 11.5 Å². The van der Waals surface area contributed by atoms with Crippen LogP contribution in [0, 0.1) is 0 Å². The van der Waals surface area contributed by atoms with E-state index in [0.29, 0.717) is 0 Å². The molecule has 0 fully saturated rings. The van der Waals surface area contributed by atoms with E-state index in [9.17, 15) is 13.2 Å². The fourth-order valence-electron chi connectivity index (χ4n) is 1.01. The molecule has 1 aliphatic rings. The zero-order chi connectivity index (χ0) is 10.4. The Bertz CT molecular complexity index is 332. The highest BCUT2D eigenvalue weighted by Gasteiger charge is 2.62. The Morgan fingerprint density at radius 3 is 2.07 bits per heavy atom. The van der Waals surface area contributed by atoms with Crippen LogP contribution in [-0.2, 0) is 0 Å². The maximum Gasteiger partial charge on any atom is 0.483 e. The van der Waals surface area contributed by atoms with E-state index in [4.69, 9.17) is 0 Å². The summed E-state index contributed by atoms with van der Waals surface area (Å²) in [6.07, 6.45) is -4.05. The summed E-state index contributed by atoms with van der Waals surface area (Å²) in [5.74, 6) is -0.261. The van der Waals surface area contributed by atoms with Crippen LogP contribution in [0.25, 0.3) is 0 Å². The highest BCUT2D eigenvalue weighted by molar-refractivity contribution is 9.10. The van der Waals surface area contributed by atoms with Gasteiger partial charge in [-0.15, -0.1) is 0 Å². The van der Waals surface area contributed by atoms with Crippen LogP contribution in [0.1, 0.15) is 0 Å². The molecule has 0 saturated carbocycles. The number of alkyl halides is 4. The number of fused-ring (bicyclic) bond motifs is 1. The van der Waals surface area contributed by atoms with Crippen molar-refractivity contribution in [2.75, 3.05) is 0 Å². The highest BCUT2D eigenvalue weighted by Crippen LogP contribution is 2.48. The molecule has 0 spiro atoms. The van der Waals surface area contributed by atoms with Gasteiger partial charge in [0.1, 0.15) is 0 Å². The maximum absolute atomic E-state index is 13.1. The summed E-state index contributed by atoms with van der Waals surface area (Å²) in [4.78, 5) is 0. The second-order valence-electron chi connectivity index (χ2n) is 2.68. The molecule has 14 heavy (non-hydrogen) atoms. The molecule has 0 unspecified atom stereocenters. The molecule has 1 aromatic carbocycles. The minimum Gasteiger partial charge on any atom is -0.437 e. The van der Waals surface area contributed by atoms with E-state index in [2.05, 4.69) is 25.4 Å². The molecule has 76 valence electrons. The number of benzene rings is 1. The lowest BCUT2D eigenvalue weighted by Gasteiger charge is -2.33. The van der Waals surface area contributed by atoms with Crippen LogP contribution in [0.2, 0.25) is 0 Å². The molecule has 0 N–H and O–H groups in total. The summed E-state index contributed by atoms with van der Waals surface area (Å²) in [5, 5.41) is 0. The Kier molecular flexibility index (Phi) is 1.92. The van der Waals surface area contributed by atoms with Crippen molar-refractivity contribution in [1.82, 2.24) is 0 Å². The summed E-state index contributed by atoms with van der Waals surface area (Å²) in [6, 6.07) is 5.61. The lowest BCUT2D eigenvalue weighted by atomic mass is 10.3. The minimum atomic E-state index is -4.05. The molecule has 6 heteroatoms. The van der Waals surface area contributed by atoms with E-state index >= 15 is 0 Å². The van der Waals surface area contributed by atoms with Gasteiger partial charge >= 0.3 is 10.9 Å². The third-order valence-corrected chi connectivity index (χ3v) is 2.29. The number of ether oxygens (including phenoxy) is 2. The molecule has 0 amide bonds. The average molecular weight is 269 g/mol. The van der Waals surface area contributed by atoms with Gasteiger partial charge < -0.3 is 9.47 Å². The quantitative estimate of drug-likeness (QED) is 0.674.